The van der Waals surface area contributed by atoms with Crippen LogP contribution in [0.4, 0.5) is 0 Å². The van der Waals surface area contributed by atoms with E-state index in [2.05, 4.69) is 20.8 Å². The highest BCUT2D eigenvalue weighted by Crippen LogP contribution is 2.76. The zero-order valence-corrected chi connectivity index (χ0v) is 60.9. The average molecular weight is 1530 g/mol. The third-order valence-corrected chi connectivity index (χ3v) is 25.8. The Morgan fingerprint density at radius 3 is 1.69 bits per heavy atom. The van der Waals surface area contributed by atoms with Gasteiger partial charge in [-0.2, -0.15) is 0 Å². The van der Waals surface area contributed by atoms with Crippen molar-refractivity contribution in [3.8, 4) is 0 Å². The number of aliphatic hydroxyl groups excluding tert-OH is 14. The summed E-state index contributed by atoms with van der Waals surface area (Å²) >= 11 is 0. The quantitative estimate of drug-likeness (QED) is 0.0237. The highest BCUT2D eigenvalue weighted by molar-refractivity contribution is 5.79. The third-order valence-electron chi connectivity index (χ3n) is 25.8. The van der Waals surface area contributed by atoms with Crippen molar-refractivity contribution in [2.75, 3.05) is 39.6 Å². The predicted octanol–water partition coefficient (Wildman–Crippen LogP) is -4.33. The van der Waals surface area contributed by atoms with Crippen molar-refractivity contribution in [3.05, 3.63) is 11.6 Å². The first-order valence-electron chi connectivity index (χ1n) is 36.4. The van der Waals surface area contributed by atoms with E-state index in [4.69, 9.17) is 71.1 Å². The normalized spacial score (nSPS) is 50.7. The average Bonchev–Trinajstić information content (AvgIpc) is 0.718. The van der Waals surface area contributed by atoms with Crippen LogP contribution in [0.25, 0.3) is 0 Å². The Bertz CT molecular complexity index is 3180. The van der Waals surface area contributed by atoms with E-state index in [9.17, 15) is 101 Å². The Morgan fingerprint density at radius 1 is 0.538 bits per heavy atom. The standard InChI is InChI=1S/C70H108O36/c1-27-49(102-56-45(83)42(80)37(23-92-56)101-57-46(84)43(81)40(78)35(21-71)99-57)51(103-61-54(87)70(91,26-94-61)25-93-29(3)74)48(86)59(95-27)104-53-52(98-31(5)76)50(97-30(4)75)28(2)96-60(53)106-63(90)68-16-15-64(6,7)19-33(68)32-11-12-38-65(8)20-34(77)55(105-58-47(85)44(82)41(79)36(22-72)100-58)67(10,62(88)89)39(65)13-14-66(38,9)69(32,24-73)18-17-68/h11,27-28,33-61,71-73,77-87,91H,12-26H2,1-10H3,(H,88,89)/t27-,28+,33-,34-,35+,36+,37+,38+,39+,40-,41+,42-,43-,44-,45+,46+,47+,48+,49-,50-,51-,52-,53+,54-,55-,56-,57-,58-,59-,60-,61-,65+,66+,67-,68-,69-,70+/m0/s1. The number of hydrogen-bond donors (Lipinski definition) is 16. The predicted molar refractivity (Wildman–Crippen MR) is 347 cm³/mol. The molecule has 6 heterocycles. The first-order chi connectivity index (χ1) is 49.6. The van der Waals surface area contributed by atoms with Crippen molar-refractivity contribution in [3.63, 3.8) is 0 Å². The van der Waals surface area contributed by atoms with Crippen molar-refractivity contribution in [1.29, 1.82) is 0 Å². The van der Waals surface area contributed by atoms with Crippen LogP contribution in [0.1, 0.15) is 127 Å². The summed E-state index contributed by atoms with van der Waals surface area (Å²) in [4.78, 5) is 68.3. The maximum absolute atomic E-state index is 16.2. The van der Waals surface area contributed by atoms with Crippen LogP contribution in [0, 0.1) is 50.2 Å². The van der Waals surface area contributed by atoms with Gasteiger partial charge in [-0.15, -0.1) is 0 Å². The molecule has 4 saturated carbocycles. The molecule has 6 aliphatic heterocycles. The number of allylic oxidation sites excluding steroid dienone is 1. The second kappa shape index (κ2) is 31.2. The number of ether oxygens (including phenoxy) is 15. The number of carbonyl (C=O) groups is 5. The molecule has 5 aliphatic carbocycles. The summed E-state index contributed by atoms with van der Waals surface area (Å²) in [6, 6.07) is 0. The number of rotatable bonds is 20. The summed E-state index contributed by atoms with van der Waals surface area (Å²) in [5, 5.41) is 178. The van der Waals surface area contributed by atoms with Crippen LogP contribution in [0.15, 0.2) is 11.6 Å². The van der Waals surface area contributed by atoms with Gasteiger partial charge in [0.2, 0.25) is 6.29 Å². The maximum atomic E-state index is 16.2. The lowest BCUT2D eigenvalue weighted by molar-refractivity contribution is -0.388. The van der Waals surface area contributed by atoms with Gasteiger partial charge < -0.3 is 153 Å². The molecule has 106 heavy (non-hydrogen) atoms. The van der Waals surface area contributed by atoms with E-state index in [1.54, 1.807) is 0 Å². The molecular weight excluding hydrogens is 1420 g/mol. The number of esters is 4. The number of aliphatic carboxylic acids is 1. The molecule has 11 rings (SSSR count). The molecule has 0 bridgehead atoms. The van der Waals surface area contributed by atoms with E-state index >= 15 is 4.79 Å². The van der Waals surface area contributed by atoms with Crippen LogP contribution in [-0.4, -0.2) is 329 Å². The Hall–Kier alpha value is -3.95. The van der Waals surface area contributed by atoms with E-state index < -0.39 is 297 Å². The molecule has 36 nitrogen and oxygen atoms in total. The van der Waals surface area contributed by atoms with Crippen molar-refractivity contribution in [2.24, 2.45) is 50.2 Å². The van der Waals surface area contributed by atoms with Gasteiger partial charge in [-0.1, -0.05) is 39.3 Å². The first-order valence-corrected chi connectivity index (χ1v) is 36.4. The Labute approximate surface area is 610 Å². The summed E-state index contributed by atoms with van der Waals surface area (Å²) in [6.45, 7) is 11.4. The third kappa shape index (κ3) is 14.5. The number of aliphatic hydroxyl groups is 15. The molecule has 0 spiro atoms. The lowest BCUT2D eigenvalue weighted by Crippen LogP contribution is -2.71. The Kier molecular flexibility index (Phi) is 24.4. The molecule has 16 N–H and O–H groups in total. The summed E-state index contributed by atoms with van der Waals surface area (Å²) in [7, 11) is 0. The van der Waals surface area contributed by atoms with Crippen LogP contribution in [0.5, 0.6) is 0 Å². The summed E-state index contributed by atoms with van der Waals surface area (Å²) in [5.74, 6) is -6.60. The SMILES string of the molecule is CC(=O)OC[C@@]1(O)CO[C@@H](O[C@H]2[C@@H](O)[C@H](O[C@H]3[C@H](OC(=O)[C@]45CCC(C)(C)C[C@H]4C4=CC[C@@H]6[C@@]7(C)C[C@H](O)[C@H](O[C@@H]8O[C@H](CO)[C@@H](O)[C@H](O)[C@H]8O)[C@@](C)(C(=O)O)[C@@H]7CC[C@@]6(C)[C@]4(CO)CC5)O[C@H](C)[C@H](OC(C)=O)[C@@H]3OC(C)=O)O[C@@H](C)[C@@H]2O[C@@H]2OC[C@@H](O[C@@H]3O[C@H](CO)[C@H](O)[C@H](O)[C@H]3O)[C@H](O)[C@H]2O)[C@@H]1O. The molecule has 10 fully saturated rings. The van der Waals surface area contributed by atoms with Gasteiger partial charge in [0.15, 0.2) is 55.4 Å². The van der Waals surface area contributed by atoms with Crippen LogP contribution >= 0.6 is 0 Å². The van der Waals surface area contributed by atoms with Crippen LogP contribution in [0.3, 0.4) is 0 Å². The minimum atomic E-state index is -2.31. The maximum Gasteiger partial charge on any atom is 0.315 e. The van der Waals surface area contributed by atoms with Crippen LogP contribution in [-0.2, 0) is 95.0 Å². The molecule has 0 amide bonds. The second-order valence-corrected chi connectivity index (χ2v) is 32.7. The molecule has 0 unspecified atom stereocenters. The highest BCUT2D eigenvalue weighted by Gasteiger charge is 2.74. The number of fused-ring (bicyclic) bond motifs is 7. The van der Waals surface area contributed by atoms with E-state index in [0.29, 0.717) is 25.7 Å². The Morgan fingerprint density at radius 2 is 1.09 bits per heavy atom. The van der Waals surface area contributed by atoms with Crippen LogP contribution in [0.2, 0.25) is 0 Å². The fourth-order valence-electron chi connectivity index (χ4n) is 19.9. The zero-order chi connectivity index (χ0) is 77.8. The molecule has 604 valence electrons. The van der Waals surface area contributed by atoms with Crippen molar-refractivity contribution in [2.45, 2.75) is 305 Å². The number of carbonyl (C=O) groups excluding carboxylic acids is 4. The molecule has 0 aromatic heterocycles. The van der Waals surface area contributed by atoms with Crippen molar-refractivity contribution >= 4 is 29.8 Å². The minimum absolute atomic E-state index is 0.0239. The zero-order valence-electron chi connectivity index (χ0n) is 60.9. The van der Waals surface area contributed by atoms with Gasteiger partial charge in [0.05, 0.1) is 62.2 Å². The number of carboxylic acids is 1. The smallest absolute Gasteiger partial charge is 0.315 e. The first kappa shape index (κ1) is 83.0. The van der Waals surface area contributed by atoms with Gasteiger partial charge in [0, 0.05) is 26.2 Å². The lowest BCUT2D eigenvalue weighted by atomic mass is 9.33. The van der Waals surface area contributed by atoms with Gasteiger partial charge in [-0.3, -0.25) is 24.0 Å². The number of hydrogen-bond acceptors (Lipinski definition) is 35. The second-order valence-electron chi connectivity index (χ2n) is 32.7. The fourth-order valence-corrected chi connectivity index (χ4v) is 19.9. The monoisotopic (exact) mass is 1520 g/mol. The summed E-state index contributed by atoms with van der Waals surface area (Å²) in [5.41, 5.74) is -8.14. The molecule has 6 saturated heterocycles. The van der Waals surface area contributed by atoms with Gasteiger partial charge in [-0.25, -0.2) is 0 Å². The fraction of sp³-hybridized carbons (Fsp3) is 0.900. The number of carboxylic acid groups (broad SMARTS) is 1. The topological polar surface area (TPSA) is 547 Å². The van der Waals surface area contributed by atoms with Gasteiger partial charge in [0.25, 0.3) is 0 Å². The van der Waals surface area contributed by atoms with Gasteiger partial charge in [-0.05, 0) is 113 Å². The lowest BCUT2D eigenvalue weighted by Gasteiger charge is -2.71. The summed E-state index contributed by atoms with van der Waals surface area (Å²) < 4.78 is 90.0. The molecule has 0 aromatic rings. The largest absolute Gasteiger partial charge is 0.481 e. The van der Waals surface area contributed by atoms with E-state index in [1.165, 1.54) is 20.8 Å². The van der Waals surface area contributed by atoms with Gasteiger partial charge >= 0.3 is 29.8 Å². The van der Waals surface area contributed by atoms with E-state index in [0.717, 1.165) is 26.3 Å². The minimum Gasteiger partial charge on any atom is -0.481 e. The molecule has 0 aromatic carbocycles. The van der Waals surface area contributed by atoms with Gasteiger partial charge in [0.1, 0.15) is 104 Å². The van der Waals surface area contributed by atoms with Crippen LogP contribution < -0.4 is 0 Å². The Balaban J connectivity index is 0.892. The molecule has 0 radical (unpaired) electrons. The van der Waals surface area contributed by atoms with E-state index in [-0.39, 0.29) is 32.1 Å². The summed E-state index contributed by atoms with van der Waals surface area (Å²) in [6.07, 6.45) is -45.2. The van der Waals surface area contributed by atoms with Crippen molar-refractivity contribution < 1.29 is 177 Å². The molecular formula is C70H108O36. The molecule has 36 heteroatoms. The molecule has 11 aliphatic rings. The highest BCUT2D eigenvalue weighted by atomic mass is 16.8. The molecule has 37 atom stereocenters. The van der Waals surface area contributed by atoms with E-state index in [1.807, 2.05) is 13.0 Å². The van der Waals surface area contributed by atoms with Crippen molar-refractivity contribution in [1.82, 2.24) is 0 Å².